The monoisotopic (exact) mass is 267 g/mol. The molecule has 2 heterocycles. The molecule has 2 rings (SSSR count). The van der Waals surface area contributed by atoms with E-state index in [1.807, 2.05) is 0 Å². The van der Waals surface area contributed by atoms with Crippen molar-refractivity contribution in [3.8, 4) is 0 Å². The first-order valence-corrected chi connectivity index (χ1v) is 7.94. The van der Waals surface area contributed by atoms with Crippen molar-refractivity contribution in [1.82, 2.24) is 15.1 Å². The highest BCUT2D eigenvalue weighted by Crippen LogP contribution is 2.14. The maximum absolute atomic E-state index is 12.3. The maximum Gasteiger partial charge on any atom is 0.239 e. The summed E-state index contributed by atoms with van der Waals surface area (Å²) in [6.07, 6.45) is 5.96. The summed E-state index contributed by atoms with van der Waals surface area (Å²) in [6.45, 7) is 9.78. The van der Waals surface area contributed by atoms with Gasteiger partial charge in [0.2, 0.25) is 5.91 Å². The Bertz CT molecular complexity index is 287. The molecule has 4 nitrogen and oxygen atoms in total. The van der Waals surface area contributed by atoms with Crippen LogP contribution >= 0.6 is 0 Å². The molecule has 0 aromatic carbocycles. The Morgan fingerprint density at radius 1 is 1.16 bits per heavy atom. The fourth-order valence-electron chi connectivity index (χ4n) is 3.21. The molecule has 1 unspecified atom stereocenters. The summed E-state index contributed by atoms with van der Waals surface area (Å²) in [5, 5.41) is 3.39. The Kier molecular flexibility index (Phi) is 5.64. The average molecular weight is 267 g/mol. The van der Waals surface area contributed by atoms with Gasteiger partial charge < -0.3 is 15.1 Å². The van der Waals surface area contributed by atoms with Crippen LogP contribution in [0.3, 0.4) is 0 Å². The molecule has 0 bridgehead atoms. The van der Waals surface area contributed by atoms with Crippen molar-refractivity contribution in [3.05, 3.63) is 0 Å². The Morgan fingerprint density at radius 3 is 2.58 bits per heavy atom. The fourth-order valence-corrected chi connectivity index (χ4v) is 3.21. The average Bonchev–Trinajstić information content (AvgIpc) is 2.86. The van der Waals surface area contributed by atoms with Crippen LogP contribution in [0.1, 0.15) is 46.0 Å². The summed E-state index contributed by atoms with van der Waals surface area (Å²) in [7, 11) is 0. The summed E-state index contributed by atoms with van der Waals surface area (Å²) in [5.74, 6) is 0.321. The molecule has 0 saturated carbocycles. The zero-order chi connectivity index (χ0) is 13.7. The number of carbonyl (C=O) groups is 1. The van der Waals surface area contributed by atoms with Crippen LogP contribution < -0.4 is 5.32 Å². The number of piperidine rings is 1. The lowest BCUT2D eigenvalue weighted by atomic mass is 10.0. The first-order chi connectivity index (χ1) is 9.16. The topological polar surface area (TPSA) is 35.6 Å². The molecule has 1 N–H and O–H groups in total. The first kappa shape index (κ1) is 14.8. The predicted molar refractivity (Wildman–Crippen MR) is 78.2 cm³/mol. The molecule has 1 amide bonds. The second-order valence-electron chi connectivity index (χ2n) is 6.24. The molecule has 0 radical (unpaired) electrons. The maximum atomic E-state index is 12.3. The zero-order valence-electron chi connectivity index (χ0n) is 12.5. The highest BCUT2D eigenvalue weighted by molar-refractivity contribution is 5.82. The number of likely N-dealkylation sites (tertiary alicyclic amines) is 2. The van der Waals surface area contributed by atoms with E-state index in [-0.39, 0.29) is 6.04 Å². The largest absolute Gasteiger partial charge is 0.341 e. The van der Waals surface area contributed by atoms with E-state index in [4.69, 9.17) is 0 Å². The minimum Gasteiger partial charge on any atom is -0.341 e. The van der Waals surface area contributed by atoms with E-state index in [1.54, 1.807) is 0 Å². The van der Waals surface area contributed by atoms with Gasteiger partial charge in [0.1, 0.15) is 0 Å². The Balaban J connectivity index is 1.71. The molecule has 2 aliphatic rings. The van der Waals surface area contributed by atoms with Crippen LogP contribution in [0, 0.1) is 0 Å². The molecular weight excluding hydrogens is 238 g/mol. The summed E-state index contributed by atoms with van der Waals surface area (Å²) in [4.78, 5) is 16.9. The van der Waals surface area contributed by atoms with Crippen LogP contribution in [-0.4, -0.2) is 60.5 Å². The third-order valence-electron chi connectivity index (χ3n) is 4.17. The molecule has 110 valence electrons. The van der Waals surface area contributed by atoms with Gasteiger partial charge in [0.15, 0.2) is 0 Å². The number of amides is 1. The summed E-state index contributed by atoms with van der Waals surface area (Å²) in [6, 6.07) is 0.444. The molecule has 19 heavy (non-hydrogen) atoms. The van der Waals surface area contributed by atoms with E-state index in [0.717, 1.165) is 38.9 Å². The first-order valence-electron chi connectivity index (χ1n) is 7.94. The highest BCUT2D eigenvalue weighted by Gasteiger charge is 2.28. The number of hydrogen-bond acceptors (Lipinski definition) is 3. The molecule has 0 spiro atoms. The van der Waals surface area contributed by atoms with E-state index in [1.165, 1.54) is 25.9 Å². The van der Waals surface area contributed by atoms with Gasteiger partial charge in [-0.1, -0.05) is 13.8 Å². The van der Waals surface area contributed by atoms with Gasteiger partial charge in [0.05, 0.1) is 6.04 Å². The van der Waals surface area contributed by atoms with Gasteiger partial charge in [0.25, 0.3) is 0 Å². The van der Waals surface area contributed by atoms with Crippen LogP contribution in [0.4, 0.5) is 0 Å². The molecule has 2 saturated heterocycles. The van der Waals surface area contributed by atoms with Crippen LogP contribution in [0.5, 0.6) is 0 Å². The fraction of sp³-hybridized carbons (Fsp3) is 0.933. The Hall–Kier alpha value is -0.610. The number of hydrogen-bond donors (Lipinski definition) is 1. The van der Waals surface area contributed by atoms with Gasteiger partial charge in [-0.3, -0.25) is 4.79 Å². The Labute approximate surface area is 117 Å². The van der Waals surface area contributed by atoms with Gasteiger partial charge in [-0.2, -0.15) is 0 Å². The molecule has 0 aromatic rings. The molecule has 2 aliphatic heterocycles. The van der Waals surface area contributed by atoms with Crippen molar-refractivity contribution in [3.63, 3.8) is 0 Å². The number of nitrogens with zero attached hydrogens (tertiary/aromatic N) is 2. The third-order valence-corrected chi connectivity index (χ3v) is 4.17. The van der Waals surface area contributed by atoms with Crippen molar-refractivity contribution in [2.24, 2.45) is 0 Å². The second-order valence-corrected chi connectivity index (χ2v) is 6.24. The summed E-state index contributed by atoms with van der Waals surface area (Å²) in [5.41, 5.74) is 0. The molecule has 0 aromatic heterocycles. The molecule has 1 atom stereocenters. The van der Waals surface area contributed by atoms with Gasteiger partial charge in [-0.05, 0) is 51.7 Å². The second kappa shape index (κ2) is 7.25. The normalized spacial score (nSPS) is 25.5. The zero-order valence-corrected chi connectivity index (χ0v) is 12.5. The standard InChI is InChI=1S/C15H29N3O/c1-13(2)16-14-7-5-11-18(15(14)19)12-6-10-17-8-3-4-9-17/h13-14,16H,3-12H2,1-2H3. The van der Waals surface area contributed by atoms with E-state index in [0.29, 0.717) is 11.9 Å². The van der Waals surface area contributed by atoms with E-state index in [2.05, 4.69) is 29.0 Å². The minimum absolute atomic E-state index is 0.0561. The van der Waals surface area contributed by atoms with Crippen LogP contribution in [-0.2, 0) is 4.79 Å². The predicted octanol–water partition coefficient (Wildman–Crippen LogP) is 1.46. The van der Waals surface area contributed by atoms with Gasteiger partial charge in [-0.15, -0.1) is 0 Å². The molecule has 4 heteroatoms. The van der Waals surface area contributed by atoms with Crippen molar-refractivity contribution < 1.29 is 4.79 Å². The quantitative estimate of drug-likeness (QED) is 0.791. The van der Waals surface area contributed by atoms with E-state index in [9.17, 15) is 4.79 Å². The van der Waals surface area contributed by atoms with Crippen molar-refractivity contribution in [2.75, 3.05) is 32.7 Å². The molecule has 0 aliphatic carbocycles. The SMILES string of the molecule is CC(C)NC1CCCN(CCCN2CCCC2)C1=O. The van der Waals surface area contributed by atoms with Crippen molar-refractivity contribution >= 4 is 5.91 Å². The lowest BCUT2D eigenvalue weighted by molar-refractivity contribution is -0.136. The lowest BCUT2D eigenvalue weighted by Crippen LogP contribution is -2.52. The van der Waals surface area contributed by atoms with Crippen LogP contribution in [0.25, 0.3) is 0 Å². The summed E-state index contributed by atoms with van der Waals surface area (Å²) < 4.78 is 0. The minimum atomic E-state index is 0.0561. The van der Waals surface area contributed by atoms with E-state index >= 15 is 0 Å². The van der Waals surface area contributed by atoms with Gasteiger partial charge in [0, 0.05) is 19.1 Å². The van der Waals surface area contributed by atoms with Crippen LogP contribution in [0.2, 0.25) is 0 Å². The van der Waals surface area contributed by atoms with Crippen molar-refractivity contribution in [1.29, 1.82) is 0 Å². The van der Waals surface area contributed by atoms with Crippen LogP contribution in [0.15, 0.2) is 0 Å². The van der Waals surface area contributed by atoms with Gasteiger partial charge >= 0.3 is 0 Å². The number of carbonyl (C=O) groups excluding carboxylic acids is 1. The van der Waals surface area contributed by atoms with E-state index < -0.39 is 0 Å². The van der Waals surface area contributed by atoms with Crippen molar-refractivity contribution in [2.45, 2.75) is 58.0 Å². The molecular formula is C15H29N3O. The molecule has 2 fully saturated rings. The lowest BCUT2D eigenvalue weighted by Gasteiger charge is -2.34. The number of nitrogens with one attached hydrogen (secondary N) is 1. The van der Waals surface area contributed by atoms with Gasteiger partial charge in [-0.25, -0.2) is 0 Å². The summed E-state index contributed by atoms with van der Waals surface area (Å²) >= 11 is 0. The highest BCUT2D eigenvalue weighted by atomic mass is 16.2. The Morgan fingerprint density at radius 2 is 1.89 bits per heavy atom. The number of rotatable bonds is 6. The third kappa shape index (κ3) is 4.46. The smallest absolute Gasteiger partial charge is 0.239 e.